The maximum atomic E-state index is 12.1. The van der Waals surface area contributed by atoms with Crippen molar-refractivity contribution < 1.29 is 9.53 Å². The van der Waals surface area contributed by atoms with Crippen molar-refractivity contribution in [3.8, 4) is 0 Å². The summed E-state index contributed by atoms with van der Waals surface area (Å²) in [4.78, 5) is 22.9. The van der Waals surface area contributed by atoms with Gasteiger partial charge in [-0.25, -0.2) is 14.8 Å². The summed E-state index contributed by atoms with van der Waals surface area (Å²) in [6, 6.07) is 7.65. The Morgan fingerprint density at radius 1 is 1.29 bits per heavy atom. The van der Waals surface area contributed by atoms with Crippen LogP contribution in [-0.4, -0.2) is 44.9 Å². The van der Waals surface area contributed by atoms with Crippen LogP contribution in [0.2, 0.25) is 5.15 Å². The molecule has 1 aromatic carbocycles. The number of nitrogens with zero attached hydrogens (tertiary/aromatic N) is 3. The highest BCUT2D eigenvalue weighted by Gasteiger charge is 2.31. The molecule has 0 radical (unpaired) electrons. The van der Waals surface area contributed by atoms with Crippen molar-refractivity contribution in [1.82, 2.24) is 14.9 Å². The van der Waals surface area contributed by atoms with Gasteiger partial charge < -0.3 is 9.64 Å². The first-order valence-corrected chi connectivity index (χ1v) is 9.14. The van der Waals surface area contributed by atoms with Gasteiger partial charge in [-0.2, -0.15) is 0 Å². The summed E-state index contributed by atoms with van der Waals surface area (Å²) >= 11 is 7.84. The number of benzene rings is 1. The van der Waals surface area contributed by atoms with E-state index >= 15 is 0 Å². The molecular formula is C17H20ClN3O2S. The Kier molecular flexibility index (Phi) is 4.88. The molecule has 0 spiro atoms. The molecule has 0 bridgehead atoms. The Morgan fingerprint density at radius 3 is 2.62 bits per heavy atom. The Bertz CT molecular complexity index is 763. The van der Waals surface area contributed by atoms with Crippen LogP contribution >= 0.6 is 23.4 Å². The van der Waals surface area contributed by atoms with Gasteiger partial charge in [0.2, 0.25) is 0 Å². The van der Waals surface area contributed by atoms with Crippen LogP contribution in [0.1, 0.15) is 27.2 Å². The molecular weight excluding hydrogens is 346 g/mol. The van der Waals surface area contributed by atoms with Crippen LogP contribution in [-0.2, 0) is 4.74 Å². The van der Waals surface area contributed by atoms with E-state index in [-0.39, 0.29) is 11.3 Å². The van der Waals surface area contributed by atoms with Crippen molar-refractivity contribution in [3.63, 3.8) is 0 Å². The molecule has 1 aromatic heterocycles. The topological polar surface area (TPSA) is 55.3 Å². The van der Waals surface area contributed by atoms with E-state index in [0.29, 0.717) is 23.3 Å². The van der Waals surface area contributed by atoms with Crippen LogP contribution in [0.3, 0.4) is 0 Å². The van der Waals surface area contributed by atoms with E-state index < -0.39 is 5.60 Å². The fraction of sp³-hybridized carbons (Fsp3) is 0.471. The van der Waals surface area contributed by atoms with Gasteiger partial charge in [0.25, 0.3) is 0 Å². The summed E-state index contributed by atoms with van der Waals surface area (Å²) in [7, 11) is 0. The van der Waals surface area contributed by atoms with E-state index in [2.05, 4.69) is 9.97 Å². The van der Waals surface area contributed by atoms with Gasteiger partial charge in [-0.05, 0) is 39.3 Å². The first-order valence-electron chi connectivity index (χ1n) is 7.89. The molecule has 1 amide bonds. The summed E-state index contributed by atoms with van der Waals surface area (Å²) < 4.78 is 5.43. The average molecular weight is 366 g/mol. The van der Waals surface area contributed by atoms with Gasteiger partial charge in [0.05, 0.1) is 11.0 Å². The van der Waals surface area contributed by atoms with Crippen LogP contribution in [0.25, 0.3) is 11.0 Å². The third-order valence-electron chi connectivity index (χ3n) is 3.57. The molecule has 1 aliphatic rings. The summed E-state index contributed by atoms with van der Waals surface area (Å²) in [5, 5.41) is 1.37. The van der Waals surface area contributed by atoms with E-state index in [1.54, 1.807) is 16.7 Å². The molecule has 7 heteroatoms. The highest BCUT2D eigenvalue weighted by atomic mass is 35.5. The van der Waals surface area contributed by atoms with E-state index in [4.69, 9.17) is 16.3 Å². The van der Waals surface area contributed by atoms with Gasteiger partial charge in [-0.3, -0.25) is 0 Å². The van der Waals surface area contributed by atoms with E-state index in [1.165, 1.54) is 0 Å². The molecule has 128 valence electrons. The van der Waals surface area contributed by atoms with Crippen molar-refractivity contribution in [3.05, 3.63) is 29.4 Å². The smallest absolute Gasteiger partial charge is 0.410 e. The highest BCUT2D eigenvalue weighted by molar-refractivity contribution is 8.00. The van der Waals surface area contributed by atoms with Crippen LogP contribution in [0.4, 0.5) is 4.79 Å². The molecule has 24 heavy (non-hydrogen) atoms. The standard InChI is InChI=1S/C17H20ClN3O2S/c1-17(2,3)23-16(22)21-9-8-11(10-21)24-15-14(18)19-12-6-4-5-7-13(12)20-15/h4-7,11H,8-10H2,1-3H3/t11-/m0/s1. The van der Waals surface area contributed by atoms with Crippen LogP contribution in [0.15, 0.2) is 29.3 Å². The number of carbonyl (C=O) groups excluding carboxylic acids is 1. The fourth-order valence-corrected chi connectivity index (χ4v) is 3.87. The lowest BCUT2D eigenvalue weighted by atomic mass is 10.2. The van der Waals surface area contributed by atoms with Crippen molar-refractivity contribution in [2.45, 2.75) is 43.1 Å². The van der Waals surface area contributed by atoms with Gasteiger partial charge in [-0.15, -0.1) is 0 Å². The van der Waals surface area contributed by atoms with Crippen LogP contribution < -0.4 is 0 Å². The summed E-state index contributed by atoms with van der Waals surface area (Å²) in [5.41, 5.74) is 1.13. The molecule has 2 heterocycles. The first kappa shape index (κ1) is 17.3. The zero-order valence-electron chi connectivity index (χ0n) is 14.0. The second kappa shape index (κ2) is 6.76. The number of halogens is 1. The predicted octanol–water partition coefficient (Wildman–Crippen LogP) is 4.38. The Balaban J connectivity index is 1.67. The zero-order valence-corrected chi connectivity index (χ0v) is 15.5. The molecule has 0 N–H and O–H groups in total. The van der Waals surface area contributed by atoms with Crippen molar-refractivity contribution in [2.24, 2.45) is 0 Å². The predicted molar refractivity (Wildman–Crippen MR) is 96.6 cm³/mol. The monoisotopic (exact) mass is 365 g/mol. The minimum Gasteiger partial charge on any atom is -0.444 e. The highest BCUT2D eigenvalue weighted by Crippen LogP contribution is 2.33. The largest absolute Gasteiger partial charge is 0.444 e. The molecule has 1 atom stereocenters. The zero-order chi connectivity index (χ0) is 17.3. The SMILES string of the molecule is CC(C)(C)OC(=O)N1CC[C@H](Sc2nc3ccccc3nc2Cl)C1. The second-order valence-corrected chi connectivity index (χ2v) is 8.41. The molecule has 0 saturated carbocycles. The molecule has 2 aromatic rings. The molecule has 0 unspecified atom stereocenters. The quantitative estimate of drug-likeness (QED) is 0.790. The number of fused-ring (bicyclic) bond motifs is 1. The normalized spacial score (nSPS) is 18.2. The molecule has 1 aliphatic heterocycles. The maximum Gasteiger partial charge on any atom is 0.410 e. The summed E-state index contributed by atoms with van der Waals surface area (Å²) in [6.07, 6.45) is 0.621. The van der Waals surface area contributed by atoms with Gasteiger partial charge in [0.15, 0.2) is 5.15 Å². The average Bonchev–Trinajstić information content (AvgIpc) is 2.95. The molecule has 3 rings (SSSR count). The molecule has 1 fully saturated rings. The van der Waals surface area contributed by atoms with Gasteiger partial charge >= 0.3 is 6.09 Å². The molecule has 0 aliphatic carbocycles. The van der Waals surface area contributed by atoms with Crippen molar-refractivity contribution >= 4 is 40.5 Å². The second-order valence-electron chi connectivity index (χ2n) is 6.76. The van der Waals surface area contributed by atoms with Gasteiger partial charge in [0, 0.05) is 18.3 Å². The Labute approximate surface area is 150 Å². The van der Waals surface area contributed by atoms with Gasteiger partial charge in [0.1, 0.15) is 10.6 Å². The number of hydrogen-bond donors (Lipinski definition) is 0. The van der Waals surface area contributed by atoms with Gasteiger partial charge in [-0.1, -0.05) is 35.5 Å². The number of rotatable bonds is 2. The van der Waals surface area contributed by atoms with Crippen LogP contribution in [0, 0.1) is 0 Å². The Hall–Kier alpha value is -1.53. The maximum absolute atomic E-state index is 12.1. The minimum atomic E-state index is -0.477. The third-order valence-corrected chi connectivity index (χ3v) is 5.18. The Morgan fingerprint density at radius 2 is 1.96 bits per heavy atom. The van der Waals surface area contributed by atoms with Crippen molar-refractivity contribution in [1.29, 1.82) is 0 Å². The number of thioether (sulfide) groups is 1. The number of hydrogen-bond acceptors (Lipinski definition) is 5. The van der Waals surface area contributed by atoms with E-state index in [9.17, 15) is 4.79 Å². The lowest BCUT2D eigenvalue weighted by Crippen LogP contribution is -2.35. The number of likely N-dealkylation sites (tertiary alicyclic amines) is 1. The summed E-state index contributed by atoms with van der Waals surface area (Å²) in [6.45, 7) is 6.93. The number of aromatic nitrogens is 2. The first-order chi connectivity index (χ1) is 11.3. The number of ether oxygens (including phenoxy) is 1. The lowest BCUT2D eigenvalue weighted by molar-refractivity contribution is 0.0295. The third kappa shape index (κ3) is 4.11. The minimum absolute atomic E-state index is 0.241. The number of carbonyl (C=O) groups is 1. The van der Waals surface area contributed by atoms with Crippen molar-refractivity contribution in [2.75, 3.05) is 13.1 Å². The molecule has 1 saturated heterocycles. The van der Waals surface area contributed by atoms with E-state index in [0.717, 1.165) is 17.5 Å². The molecule has 5 nitrogen and oxygen atoms in total. The van der Waals surface area contributed by atoms with Crippen LogP contribution in [0.5, 0.6) is 0 Å². The fourth-order valence-electron chi connectivity index (χ4n) is 2.51. The number of amides is 1. The lowest BCUT2D eigenvalue weighted by Gasteiger charge is -2.24. The number of para-hydroxylation sites is 2. The summed E-state index contributed by atoms with van der Waals surface area (Å²) in [5.74, 6) is 0. The van der Waals surface area contributed by atoms with E-state index in [1.807, 2.05) is 45.0 Å².